The standard InChI is InChI=1S/C11H15NO2/c1-8-5-9(2)7-10(6-8)12-4-3-11(13)14/h5-7,12H,3-4H2,1-2H3,(H,13,14)/p-1. The Kier molecular flexibility index (Phi) is 3.51. The zero-order valence-corrected chi connectivity index (χ0v) is 8.46. The molecule has 0 spiro atoms. The van der Waals surface area contributed by atoms with E-state index in [1.54, 1.807) is 0 Å². The predicted molar refractivity (Wildman–Crippen MR) is 54.0 cm³/mol. The van der Waals surface area contributed by atoms with Crippen LogP contribution in [-0.4, -0.2) is 12.5 Å². The molecule has 14 heavy (non-hydrogen) atoms. The van der Waals surface area contributed by atoms with Gasteiger partial charge >= 0.3 is 0 Å². The zero-order valence-electron chi connectivity index (χ0n) is 8.46. The average Bonchev–Trinajstić information content (AvgIpc) is 2.01. The second kappa shape index (κ2) is 4.65. The lowest BCUT2D eigenvalue weighted by atomic mass is 10.1. The highest BCUT2D eigenvalue weighted by atomic mass is 16.4. The third-order valence-corrected chi connectivity index (χ3v) is 1.88. The summed E-state index contributed by atoms with van der Waals surface area (Å²) in [6.45, 7) is 4.43. The minimum Gasteiger partial charge on any atom is -0.550 e. The Bertz CT molecular complexity index is 314. The summed E-state index contributed by atoms with van der Waals surface area (Å²) < 4.78 is 0. The Labute approximate surface area is 83.8 Å². The maximum atomic E-state index is 10.2. The number of carbonyl (C=O) groups excluding carboxylic acids is 1. The molecule has 0 fully saturated rings. The molecule has 0 heterocycles. The van der Waals surface area contributed by atoms with Gasteiger partial charge in [-0.15, -0.1) is 0 Å². The second-order valence-electron chi connectivity index (χ2n) is 3.43. The van der Waals surface area contributed by atoms with Crippen molar-refractivity contribution >= 4 is 11.7 Å². The van der Waals surface area contributed by atoms with Gasteiger partial charge in [0.25, 0.3) is 0 Å². The molecule has 76 valence electrons. The molecular weight excluding hydrogens is 178 g/mol. The fourth-order valence-electron chi connectivity index (χ4n) is 1.39. The Morgan fingerprint density at radius 3 is 2.36 bits per heavy atom. The Balaban J connectivity index is 2.54. The Morgan fingerprint density at radius 1 is 1.29 bits per heavy atom. The minimum absolute atomic E-state index is 0.0347. The summed E-state index contributed by atoms with van der Waals surface area (Å²) in [5.41, 5.74) is 3.30. The van der Waals surface area contributed by atoms with Crippen LogP contribution in [-0.2, 0) is 4.79 Å². The van der Waals surface area contributed by atoms with E-state index in [0.29, 0.717) is 6.54 Å². The third kappa shape index (κ3) is 3.47. The summed E-state index contributed by atoms with van der Waals surface area (Å²) in [6, 6.07) is 6.05. The lowest BCUT2D eigenvalue weighted by molar-refractivity contribution is -0.305. The van der Waals surface area contributed by atoms with Gasteiger partial charge in [0.1, 0.15) is 0 Å². The molecule has 1 rings (SSSR count). The van der Waals surface area contributed by atoms with Gasteiger partial charge in [-0.1, -0.05) is 6.07 Å². The Morgan fingerprint density at radius 2 is 1.86 bits per heavy atom. The van der Waals surface area contributed by atoms with Gasteiger partial charge in [-0.2, -0.15) is 0 Å². The van der Waals surface area contributed by atoms with Crippen LogP contribution in [0.2, 0.25) is 0 Å². The van der Waals surface area contributed by atoms with Crippen LogP contribution in [0.15, 0.2) is 18.2 Å². The van der Waals surface area contributed by atoms with Crippen LogP contribution in [0, 0.1) is 13.8 Å². The first-order valence-electron chi connectivity index (χ1n) is 4.60. The molecule has 0 aromatic heterocycles. The van der Waals surface area contributed by atoms with E-state index in [1.165, 1.54) is 11.1 Å². The zero-order chi connectivity index (χ0) is 10.6. The molecular formula is C11H14NO2-. The number of nitrogens with one attached hydrogen (secondary N) is 1. The molecule has 3 heteroatoms. The van der Waals surface area contributed by atoms with Crippen molar-refractivity contribution in [3.63, 3.8) is 0 Å². The topological polar surface area (TPSA) is 52.2 Å². The van der Waals surface area contributed by atoms with Gasteiger partial charge in [0.15, 0.2) is 0 Å². The van der Waals surface area contributed by atoms with Crippen molar-refractivity contribution in [3.8, 4) is 0 Å². The molecule has 3 nitrogen and oxygen atoms in total. The molecule has 1 aromatic rings. The van der Waals surface area contributed by atoms with E-state index in [1.807, 2.05) is 26.0 Å². The molecule has 0 saturated carbocycles. The third-order valence-electron chi connectivity index (χ3n) is 1.88. The predicted octanol–water partition coefficient (Wildman–Crippen LogP) is 0.855. The molecule has 0 atom stereocenters. The van der Waals surface area contributed by atoms with Crippen LogP contribution in [0.25, 0.3) is 0 Å². The molecule has 0 aliphatic rings. The number of hydrogen-bond donors (Lipinski definition) is 1. The number of benzene rings is 1. The summed E-state index contributed by atoms with van der Waals surface area (Å²) >= 11 is 0. The largest absolute Gasteiger partial charge is 0.550 e. The highest BCUT2D eigenvalue weighted by Gasteiger charge is 1.94. The first-order chi connectivity index (χ1) is 6.58. The fraction of sp³-hybridized carbons (Fsp3) is 0.364. The highest BCUT2D eigenvalue weighted by Crippen LogP contribution is 2.13. The number of rotatable bonds is 4. The molecule has 0 unspecified atom stereocenters. The van der Waals surface area contributed by atoms with Crippen molar-refractivity contribution in [2.75, 3.05) is 11.9 Å². The smallest absolute Gasteiger partial charge is 0.0431 e. The molecule has 0 radical (unpaired) electrons. The van der Waals surface area contributed by atoms with E-state index in [0.717, 1.165) is 5.69 Å². The average molecular weight is 192 g/mol. The van der Waals surface area contributed by atoms with Crippen molar-refractivity contribution in [2.24, 2.45) is 0 Å². The van der Waals surface area contributed by atoms with E-state index in [9.17, 15) is 9.90 Å². The SMILES string of the molecule is Cc1cc(C)cc(NCCC(=O)[O-])c1. The number of carbonyl (C=O) groups is 1. The summed E-state index contributed by atoms with van der Waals surface area (Å²) in [7, 11) is 0. The number of carboxylic acids is 1. The molecule has 0 aliphatic heterocycles. The number of anilines is 1. The first-order valence-corrected chi connectivity index (χ1v) is 4.60. The van der Waals surface area contributed by atoms with Gasteiger partial charge < -0.3 is 15.2 Å². The van der Waals surface area contributed by atoms with Crippen molar-refractivity contribution in [1.29, 1.82) is 0 Å². The molecule has 0 bridgehead atoms. The minimum atomic E-state index is -1.03. The fourth-order valence-corrected chi connectivity index (χ4v) is 1.39. The van der Waals surface area contributed by atoms with Crippen LogP contribution in [0.5, 0.6) is 0 Å². The van der Waals surface area contributed by atoms with Crippen LogP contribution < -0.4 is 10.4 Å². The normalized spacial score (nSPS) is 9.86. The van der Waals surface area contributed by atoms with E-state index in [2.05, 4.69) is 11.4 Å². The van der Waals surface area contributed by atoms with Gasteiger partial charge in [0.2, 0.25) is 0 Å². The van der Waals surface area contributed by atoms with Crippen molar-refractivity contribution in [2.45, 2.75) is 20.3 Å². The molecule has 1 N–H and O–H groups in total. The van der Waals surface area contributed by atoms with Crippen molar-refractivity contribution in [3.05, 3.63) is 29.3 Å². The number of aliphatic carboxylic acids is 1. The van der Waals surface area contributed by atoms with Gasteiger partial charge in [-0.3, -0.25) is 0 Å². The summed E-state index contributed by atoms with van der Waals surface area (Å²) in [5.74, 6) is -1.03. The summed E-state index contributed by atoms with van der Waals surface area (Å²) in [4.78, 5) is 10.2. The Hall–Kier alpha value is -1.51. The van der Waals surface area contributed by atoms with E-state index < -0.39 is 5.97 Å². The van der Waals surface area contributed by atoms with Crippen LogP contribution in [0.1, 0.15) is 17.5 Å². The molecule has 0 aliphatic carbocycles. The molecule has 0 amide bonds. The maximum absolute atomic E-state index is 10.2. The van der Waals surface area contributed by atoms with Crippen LogP contribution in [0.4, 0.5) is 5.69 Å². The lowest BCUT2D eigenvalue weighted by Crippen LogP contribution is -2.24. The maximum Gasteiger partial charge on any atom is 0.0431 e. The monoisotopic (exact) mass is 192 g/mol. The highest BCUT2D eigenvalue weighted by molar-refractivity contribution is 5.65. The summed E-state index contributed by atoms with van der Waals surface area (Å²) in [5, 5.41) is 13.2. The van der Waals surface area contributed by atoms with E-state index in [4.69, 9.17) is 0 Å². The first kappa shape index (κ1) is 10.6. The van der Waals surface area contributed by atoms with E-state index >= 15 is 0 Å². The molecule has 1 aromatic carbocycles. The van der Waals surface area contributed by atoms with Crippen LogP contribution >= 0.6 is 0 Å². The quantitative estimate of drug-likeness (QED) is 0.769. The van der Waals surface area contributed by atoms with Gasteiger partial charge in [0.05, 0.1) is 0 Å². The second-order valence-corrected chi connectivity index (χ2v) is 3.43. The number of aryl methyl sites for hydroxylation is 2. The number of hydrogen-bond acceptors (Lipinski definition) is 3. The van der Waals surface area contributed by atoms with Crippen molar-refractivity contribution < 1.29 is 9.90 Å². The number of carboxylic acid groups (broad SMARTS) is 1. The van der Waals surface area contributed by atoms with Gasteiger partial charge in [-0.05, 0) is 37.1 Å². The summed E-state index contributed by atoms with van der Waals surface area (Å²) in [6.07, 6.45) is 0.0347. The van der Waals surface area contributed by atoms with Crippen molar-refractivity contribution in [1.82, 2.24) is 0 Å². The lowest BCUT2D eigenvalue weighted by Gasteiger charge is -2.08. The molecule has 0 saturated heterocycles. The van der Waals surface area contributed by atoms with E-state index in [-0.39, 0.29) is 6.42 Å². The van der Waals surface area contributed by atoms with Gasteiger partial charge in [-0.25, -0.2) is 0 Å². The van der Waals surface area contributed by atoms with Crippen LogP contribution in [0.3, 0.4) is 0 Å². The van der Waals surface area contributed by atoms with Gasteiger partial charge in [0, 0.05) is 24.6 Å².